The van der Waals surface area contributed by atoms with Gasteiger partial charge < -0.3 is 15.7 Å². The van der Waals surface area contributed by atoms with Crippen molar-refractivity contribution in [2.75, 3.05) is 5.32 Å². The van der Waals surface area contributed by atoms with E-state index in [1.165, 1.54) is 6.42 Å². The minimum Gasteiger partial charge on any atom is -0.481 e. The molecule has 3 unspecified atom stereocenters. The van der Waals surface area contributed by atoms with Crippen LogP contribution in [0.2, 0.25) is 0 Å². The number of carbonyl (C=O) groups is 2. The molecule has 0 aliphatic carbocycles. The number of fused-ring (bicyclic) bond motifs is 2. The molecule has 3 rings (SSSR count). The molecule has 5 nitrogen and oxygen atoms in total. The highest BCUT2D eigenvalue weighted by atomic mass is 16.4. The van der Waals surface area contributed by atoms with Crippen LogP contribution in [0, 0.1) is 5.92 Å². The Balaban J connectivity index is 1.55. The van der Waals surface area contributed by atoms with Gasteiger partial charge in [0, 0.05) is 24.2 Å². The van der Waals surface area contributed by atoms with Crippen molar-refractivity contribution < 1.29 is 14.7 Å². The zero-order valence-electron chi connectivity index (χ0n) is 11.8. The van der Waals surface area contributed by atoms with E-state index in [0.717, 1.165) is 24.1 Å². The molecule has 3 N–H and O–H groups in total. The van der Waals surface area contributed by atoms with Gasteiger partial charge in [0.05, 0.1) is 5.92 Å². The maximum atomic E-state index is 12.3. The molecule has 21 heavy (non-hydrogen) atoms. The smallest absolute Gasteiger partial charge is 0.303 e. The first kappa shape index (κ1) is 14.1. The highest BCUT2D eigenvalue weighted by Crippen LogP contribution is 2.33. The maximum absolute atomic E-state index is 12.3. The summed E-state index contributed by atoms with van der Waals surface area (Å²) in [6.07, 6.45) is 3.86. The average Bonchev–Trinajstić information content (AvgIpc) is 3.09. The topological polar surface area (TPSA) is 78.4 Å². The lowest BCUT2D eigenvalue weighted by molar-refractivity contribution is -0.137. The lowest BCUT2D eigenvalue weighted by atomic mass is 9.88. The normalized spacial score (nSPS) is 26.8. The molecule has 5 heteroatoms. The predicted octanol–water partition coefficient (Wildman–Crippen LogP) is 1.78. The van der Waals surface area contributed by atoms with Crippen LogP contribution in [-0.4, -0.2) is 29.1 Å². The average molecular weight is 288 g/mol. The predicted molar refractivity (Wildman–Crippen MR) is 79.1 cm³/mol. The molecule has 1 aromatic rings. The van der Waals surface area contributed by atoms with Gasteiger partial charge in [-0.2, -0.15) is 0 Å². The van der Waals surface area contributed by atoms with Crippen LogP contribution in [0.5, 0.6) is 0 Å². The molecule has 2 fully saturated rings. The standard InChI is InChI=1S/C16H20N2O3/c19-15(20)8-3-10-1-4-11(5-2-10)18-16(21)13-9-12-6-7-14(13)17-12/h1-2,4-5,12-14,17H,3,6-9H2,(H,18,21)(H,19,20). The van der Waals surface area contributed by atoms with Crippen LogP contribution >= 0.6 is 0 Å². The van der Waals surface area contributed by atoms with Gasteiger partial charge in [-0.15, -0.1) is 0 Å². The number of benzene rings is 1. The fourth-order valence-electron chi connectivity index (χ4n) is 3.35. The van der Waals surface area contributed by atoms with Gasteiger partial charge in [0.2, 0.25) is 5.91 Å². The molecule has 0 aromatic heterocycles. The lowest BCUT2D eigenvalue weighted by Crippen LogP contribution is -2.32. The molecular formula is C16H20N2O3. The molecule has 2 saturated heterocycles. The van der Waals surface area contributed by atoms with Crippen molar-refractivity contribution in [3.05, 3.63) is 29.8 Å². The third-order valence-electron chi connectivity index (χ3n) is 4.49. The highest BCUT2D eigenvalue weighted by Gasteiger charge is 2.42. The minimum atomic E-state index is -0.795. The molecule has 1 aromatic carbocycles. The molecule has 2 aliphatic heterocycles. The zero-order valence-corrected chi connectivity index (χ0v) is 11.8. The van der Waals surface area contributed by atoms with E-state index in [4.69, 9.17) is 5.11 Å². The van der Waals surface area contributed by atoms with Crippen molar-refractivity contribution in [2.45, 2.75) is 44.2 Å². The van der Waals surface area contributed by atoms with E-state index in [-0.39, 0.29) is 18.2 Å². The number of amides is 1. The molecule has 1 amide bonds. The second-order valence-electron chi connectivity index (χ2n) is 5.97. The Hall–Kier alpha value is -1.88. The Morgan fingerprint density at radius 2 is 2.00 bits per heavy atom. The SMILES string of the molecule is O=C(O)CCc1ccc(NC(=O)C2CC3CCC2N3)cc1. The van der Waals surface area contributed by atoms with Crippen molar-refractivity contribution in [2.24, 2.45) is 5.92 Å². The van der Waals surface area contributed by atoms with Crippen LogP contribution in [0.3, 0.4) is 0 Å². The van der Waals surface area contributed by atoms with Crippen molar-refractivity contribution in [3.8, 4) is 0 Å². The van der Waals surface area contributed by atoms with Crippen molar-refractivity contribution in [3.63, 3.8) is 0 Å². The van der Waals surface area contributed by atoms with Crippen LogP contribution in [-0.2, 0) is 16.0 Å². The van der Waals surface area contributed by atoms with Gasteiger partial charge in [-0.1, -0.05) is 12.1 Å². The monoisotopic (exact) mass is 288 g/mol. The van der Waals surface area contributed by atoms with Crippen molar-refractivity contribution in [1.82, 2.24) is 5.32 Å². The fourth-order valence-corrected chi connectivity index (χ4v) is 3.35. The number of rotatable bonds is 5. The van der Waals surface area contributed by atoms with Crippen molar-refractivity contribution >= 4 is 17.6 Å². The Kier molecular flexibility index (Phi) is 3.92. The van der Waals surface area contributed by atoms with Gasteiger partial charge in [-0.25, -0.2) is 0 Å². The molecule has 2 aliphatic rings. The number of carbonyl (C=O) groups excluding carboxylic acids is 1. The maximum Gasteiger partial charge on any atom is 0.303 e. The van der Waals surface area contributed by atoms with E-state index in [9.17, 15) is 9.59 Å². The third-order valence-corrected chi connectivity index (χ3v) is 4.49. The van der Waals surface area contributed by atoms with Gasteiger partial charge in [0.25, 0.3) is 0 Å². The van der Waals surface area contributed by atoms with Gasteiger partial charge >= 0.3 is 5.97 Å². The number of carboxylic acid groups (broad SMARTS) is 1. The quantitative estimate of drug-likeness (QED) is 0.772. The summed E-state index contributed by atoms with van der Waals surface area (Å²) < 4.78 is 0. The molecule has 0 spiro atoms. The van der Waals surface area contributed by atoms with E-state index in [1.54, 1.807) is 0 Å². The molecule has 2 heterocycles. The molecule has 3 atom stereocenters. The lowest BCUT2D eigenvalue weighted by Gasteiger charge is -2.19. The Bertz CT molecular complexity index is 541. The number of aryl methyl sites for hydroxylation is 1. The third kappa shape index (κ3) is 3.24. The van der Waals surface area contributed by atoms with Crippen LogP contribution < -0.4 is 10.6 Å². The van der Waals surface area contributed by atoms with Crippen LogP contribution in [0.15, 0.2) is 24.3 Å². The van der Waals surface area contributed by atoms with Crippen LogP contribution in [0.4, 0.5) is 5.69 Å². The summed E-state index contributed by atoms with van der Waals surface area (Å²) in [5.74, 6) is -0.625. The Morgan fingerprint density at radius 3 is 2.57 bits per heavy atom. The summed E-state index contributed by atoms with van der Waals surface area (Å²) in [6.45, 7) is 0. The Morgan fingerprint density at radius 1 is 1.24 bits per heavy atom. The van der Waals surface area contributed by atoms with Gasteiger partial charge in [-0.3, -0.25) is 9.59 Å². The van der Waals surface area contributed by atoms with Crippen LogP contribution in [0.1, 0.15) is 31.2 Å². The first-order chi connectivity index (χ1) is 10.1. The first-order valence-corrected chi connectivity index (χ1v) is 7.49. The number of carboxylic acids is 1. The number of hydrogen-bond acceptors (Lipinski definition) is 3. The minimum absolute atomic E-state index is 0.0791. The summed E-state index contributed by atoms with van der Waals surface area (Å²) in [7, 11) is 0. The van der Waals surface area contributed by atoms with E-state index in [2.05, 4.69) is 10.6 Å². The van der Waals surface area contributed by atoms with Gasteiger partial charge in [0.1, 0.15) is 0 Å². The van der Waals surface area contributed by atoms with Crippen LogP contribution in [0.25, 0.3) is 0 Å². The van der Waals surface area contributed by atoms with Crippen molar-refractivity contribution in [1.29, 1.82) is 0 Å². The zero-order chi connectivity index (χ0) is 14.8. The summed E-state index contributed by atoms with van der Waals surface area (Å²) in [4.78, 5) is 22.8. The van der Waals surface area contributed by atoms with E-state index < -0.39 is 5.97 Å². The molecule has 2 bridgehead atoms. The number of aliphatic carboxylic acids is 1. The fraction of sp³-hybridized carbons (Fsp3) is 0.500. The first-order valence-electron chi connectivity index (χ1n) is 7.49. The molecule has 0 saturated carbocycles. The van der Waals surface area contributed by atoms with E-state index in [0.29, 0.717) is 18.5 Å². The summed E-state index contributed by atoms with van der Waals surface area (Å²) >= 11 is 0. The summed E-state index contributed by atoms with van der Waals surface area (Å²) in [5, 5.41) is 15.1. The summed E-state index contributed by atoms with van der Waals surface area (Å²) in [6, 6.07) is 8.29. The number of anilines is 1. The molecule has 112 valence electrons. The largest absolute Gasteiger partial charge is 0.481 e. The van der Waals surface area contributed by atoms with Gasteiger partial charge in [0.15, 0.2) is 0 Å². The number of hydrogen-bond donors (Lipinski definition) is 3. The second kappa shape index (κ2) is 5.85. The van der Waals surface area contributed by atoms with E-state index >= 15 is 0 Å². The summed E-state index contributed by atoms with van der Waals surface area (Å²) in [5.41, 5.74) is 1.75. The Labute approximate surface area is 123 Å². The van der Waals surface area contributed by atoms with E-state index in [1.807, 2.05) is 24.3 Å². The highest BCUT2D eigenvalue weighted by molar-refractivity contribution is 5.93. The molecular weight excluding hydrogens is 268 g/mol. The molecule has 0 radical (unpaired) electrons. The van der Waals surface area contributed by atoms with Gasteiger partial charge in [-0.05, 0) is 43.4 Å². The number of nitrogens with one attached hydrogen (secondary N) is 2. The second-order valence-corrected chi connectivity index (χ2v) is 5.97.